The molecule has 172 valence electrons. The molecule has 1 aliphatic carbocycles. The van der Waals surface area contributed by atoms with Crippen LogP contribution in [0.4, 0.5) is 5.82 Å². The van der Waals surface area contributed by atoms with E-state index in [1.165, 1.54) is 24.4 Å². The van der Waals surface area contributed by atoms with Crippen molar-refractivity contribution in [2.75, 3.05) is 18.1 Å². The lowest BCUT2D eigenvalue weighted by atomic mass is 10.0. The van der Waals surface area contributed by atoms with Crippen LogP contribution in [0, 0.1) is 5.41 Å². The standard InChI is InChI=1S/C19H26N8O4S/c1-3-30-8(2)19-4-10(19)25-18(26-17(19)21)32-5-9-12(28)13(29)16(31-9)27-7-24-11-14(20)22-6-23-15(11)27/h6-7,9-10,12-13,16,18,25,28-29H,2-5H2,1H3,(H2,21,26)(H2,20,22,23)/t9-,10?,12-,13-,16-,18?,19?/m1/s1. The Morgan fingerprint density at radius 3 is 2.94 bits per heavy atom. The summed E-state index contributed by atoms with van der Waals surface area (Å²) < 4.78 is 13.1. The summed E-state index contributed by atoms with van der Waals surface area (Å²) in [5.41, 5.74) is 12.2. The van der Waals surface area contributed by atoms with E-state index in [2.05, 4.69) is 31.8 Å². The van der Waals surface area contributed by atoms with Crippen molar-refractivity contribution in [3.63, 3.8) is 0 Å². The summed E-state index contributed by atoms with van der Waals surface area (Å²) in [5.74, 6) is 1.76. The largest absolute Gasteiger partial charge is 0.498 e. The predicted octanol–water partition coefficient (Wildman–Crippen LogP) is -0.686. The molecule has 0 spiro atoms. The number of nitrogens with zero attached hydrogens (tertiary/aromatic N) is 5. The molecule has 7 N–H and O–H groups in total. The summed E-state index contributed by atoms with van der Waals surface area (Å²) in [7, 11) is 0. The highest BCUT2D eigenvalue weighted by molar-refractivity contribution is 7.99. The van der Waals surface area contributed by atoms with Crippen LogP contribution in [0.2, 0.25) is 0 Å². The van der Waals surface area contributed by atoms with Crippen molar-refractivity contribution in [1.82, 2.24) is 24.8 Å². The van der Waals surface area contributed by atoms with E-state index in [0.29, 0.717) is 35.1 Å². The average molecular weight is 463 g/mol. The third kappa shape index (κ3) is 3.23. The Morgan fingerprint density at radius 2 is 2.19 bits per heavy atom. The van der Waals surface area contributed by atoms with Crippen LogP contribution in [-0.4, -0.2) is 77.8 Å². The van der Waals surface area contributed by atoms with Gasteiger partial charge in [-0.3, -0.25) is 9.88 Å². The third-order valence-corrected chi connectivity index (χ3v) is 7.33. The molecule has 2 aliphatic heterocycles. The van der Waals surface area contributed by atoms with Crippen molar-refractivity contribution in [2.24, 2.45) is 16.1 Å². The highest BCUT2D eigenvalue weighted by Gasteiger charge is 2.63. The van der Waals surface area contributed by atoms with Gasteiger partial charge in [-0.25, -0.2) is 19.9 Å². The van der Waals surface area contributed by atoms with E-state index in [0.717, 1.165) is 6.42 Å². The van der Waals surface area contributed by atoms with E-state index >= 15 is 0 Å². The molecular weight excluding hydrogens is 436 g/mol. The van der Waals surface area contributed by atoms with Crippen LogP contribution in [0.5, 0.6) is 0 Å². The number of imidazole rings is 1. The first kappa shape index (κ1) is 21.4. The Bertz CT molecular complexity index is 1080. The first-order valence-electron chi connectivity index (χ1n) is 10.3. The highest BCUT2D eigenvalue weighted by Crippen LogP contribution is 2.54. The molecule has 0 radical (unpaired) electrons. The number of aliphatic hydroxyl groups is 2. The molecule has 12 nitrogen and oxygen atoms in total. The van der Waals surface area contributed by atoms with Gasteiger partial charge in [-0.15, -0.1) is 11.8 Å². The molecule has 2 aromatic heterocycles. The van der Waals surface area contributed by atoms with Crippen molar-refractivity contribution in [3.05, 3.63) is 25.0 Å². The summed E-state index contributed by atoms with van der Waals surface area (Å²) >= 11 is 1.45. The Kier molecular flexibility index (Phi) is 5.25. The SMILES string of the molecule is C=C(OCC)C12CC1NC(SC[C@H]1O[C@@H](n3cnc4c(N)ncnc43)[C@H](O)[C@@H]1O)N=C2N. The molecule has 3 unspecified atom stereocenters. The van der Waals surface area contributed by atoms with Crippen LogP contribution in [0.25, 0.3) is 11.2 Å². The van der Waals surface area contributed by atoms with E-state index in [9.17, 15) is 10.2 Å². The Labute approximate surface area is 188 Å². The molecule has 0 bridgehead atoms. The molecule has 4 heterocycles. The van der Waals surface area contributed by atoms with Gasteiger partial charge in [0.1, 0.15) is 46.6 Å². The molecule has 7 atom stereocenters. The van der Waals surface area contributed by atoms with Crippen LogP contribution >= 0.6 is 11.8 Å². The normalized spacial score (nSPS) is 36.0. The van der Waals surface area contributed by atoms with Gasteiger partial charge in [-0.05, 0) is 13.3 Å². The molecule has 2 fully saturated rings. The molecule has 2 aromatic rings. The number of aromatic nitrogens is 4. The van der Waals surface area contributed by atoms with Crippen LogP contribution < -0.4 is 16.8 Å². The highest BCUT2D eigenvalue weighted by atomic mass is 32.2. The fraction of sp³-hybridized carbons (Fsp3) is 0.579. The minimum Gasteiger partial charge on any atom is -0.498 e. The number of aliphatic hydroxyl groups excluding tert-OH is 2. The topological polar surface area (TPSA) is 179 Å². The molecule has 0 amide bonds. The molecule has 1 saturated carbocycles. The molecule has 32 heavy (non-hydrogen) atoms. The van der Waals surface area contributed by atoms with Gasteiger partial charge in [0.15, 0.2) is 17.7 Å². The number of rotatable bonds is 7. The Morgan fingerprint density at radius 1 is 1.38 bits per heavy atom. The quantitative estimate of drug-likeness (QED) is 0.329. The fourth-order valence-electron chi connectivity index (χ4n) is 4.38. The summed E-state index contributed by atoms with van der Waals surface area (Å²) in [6.07, 6.45) is -0.152. The van der Waals surface area contributed by atoms with Crippen LogP contribution in [0.3, 0.4) is 0 Å². The predicted molar refractivity (Wildman–Crippen MR) is 118 cm³/mol. The van der Waals surface area contributed by atoms with Crippen LogP contribution in [0.15, 0.2) is 30.0 Å². The smallest absolute Gasteiger partial charge is 0.167 e. The second-order valence-corrected chi connectivity index (χ2v) is 9.19. The van der Waals surface area contributed by atoms with Gasteiger partial charge in [0.05, 0.1) is 19.0 Å². The number of hydrogen-bond acceptors (Lipinski definition) is 12. The summed E-state index contributed by atoms with van der Waals surface area (Å²) in [6.45, 7) is 6.45. The zero-order chi connectivity index (χ0) is 22.6. The number of aliphatic imine (C=N–C) groups is 1. The minimum absolute atomic E-state index is 0.117. The van der Waals surface area contributed by atoms with E-state index < -0.39 is 30.0 Å². The molecule has 3 aliphatic rings. The van der Waals surface area contributed by atoms with E-state index in [1.54, 1.807) is 4.57 Å². The number of ether oxygens (including phenoxy) is 2. The maximum Gasteiger partial charge on any atom is 0.167 e. The fourth-order valence-corrected chi connectivity index (χ4v) is 5.47. The first-order chi connectivity index (χ1) is 15.4. The van der Waals surface area contributed by atoms with Gasteiger partial charge in [-0.1, -0.05) is 6.58 Å². The van der Waals surface area contributed by atoms with E-state index in [4.69, 9.17) is 20.9 Å². The monoisotopic (exact) mass is 462 g/mol. The second kappa shape index (κ2) is 7.85. The molecular formula is C19H26N8O4S. The maximum absolute atomic E-state index is 10.6. The van der Waals surface area contributed by atoms with Gasteiger partial charge in [0.2, 0.25) is 0 Å². The number of nitrogens with one attached hydrogen (secondary N) is 1. The summed E-state index contributed by atoms with van der Waals surface area (Å²) in [6, 6.07) is 0.117. The van der Waals surface area contributed by atoms with Gasteiger partial charge < -0.3 is 31.2 Å². The number of hydrogen-bond donors (Lipinski definition) is 5. The van der Waals surface area contributed by atoms with Crippen molar-refractivity contribution in [2.45, 2.75) is 49.4 Å². The maximum atomic E-state index is 10.6. The van der Waals surface area contributed by atoms with E-state index in [-0.39, 0.29) is 17.4 Å². The van der Waals surface area contributed by atoms with Crippen molar-refractivity contribution >= 4 is 34.6 Å². The first-order valence-corrected chi connectivity index (χ1v) is 11.4. The Balaban J connectivity index is 1.25. The Hall–Kier alpha value is -2.45. The zero-order valence-corrected chi connectivity index (χ0v) is 18.3. The number of amidine groups is 1. The minimum atomic E-state index is -1.16. The average Bonchev–Trinajstić information content (AvgIpc) is 3.27. The van der Waals surface area contributed by atoms with Gasteiger partial charge in [0.25, 0.3) is 0 Å². The lowest BCUT2D eigenvalue weighted by molar-refractivity contribution is -0.0289. The van der Waals surface area contributed by atoms with Crippen LogP contribution in [-0.2, 0) is 9.47 Å². The van der Waals surface area contributed by atoms with Gasteiger partial charge in [0, 0.05) is 11.8 Å². The molecule has 0 aromatic carbocycles. The zero-order valence-electron chi connectivity index (χ0n) is 17.5. The van der Waals surface area contributed by atoms with Gasteiger partial charge >= 0.3 is 0 Å². The molecule has 1 saturated heterocycles. The van der Waals surface area contributed by atoms with Crippen LogP contribution in [0.1, 0.15) is 19.6 Å². The van der Waals surface area contributed by atoms with Crippen molar-refractivity contribution in [3.8, 4) is 0 Å². The molecule has 5 rings (SSSR count). The summed E-state index contributed by atoms with van der Waals surface area (Å²) in [5, 5.41) is 24.6. The van der Waals surface area contributed by atoms with E-state index in [1.807, 2.05) is 6.92 Å². The number of nitrogens with two attached hydrogens (primary N) is 2. The number of anilines is 1. The number of fused-ring (bicyclic) bond motifs is 2. The third-order valence-electron chi connectivity index (χ3n) is 6.25. The lowest BCUT2D eigenvalue weighted by Gasteiger charge is -2.28. The second-order valence-electron chi connectivity index (χ2n) is 8.08. The van der Waals surface area contributed by atoms with Crippen molar-refractivity contribution in [1.29, 1.82) is 0 Å². The summed E-state index contributed by atoms with van der Waals surface area (Å²) in [4.78, 5) is 16.9. The number of nitrogen functional groups attached to an aromatic ring is 1. The number of thioether (sulfide) groups is 1. The van der Waals surface area contributed by atoms with Crippen molar-refractivity contribution < 1.29 is 19.7 Å². The lowest BCUT2D eigenvalue weighted by Crippen LogP contribution is -2.44. The molecule has 13 heteroatoms. The van der Waals surface area contributed by atoms with Gasteiger partial charge in [-0.2, -0.15) is 0 Å².